The van der Waals surface area contributed by atoms with Gasteiger partial charge in [-0.1, -0.05) is 24.6 Å². The molecule has 0 saturated heterocycles. The van der Waals surface area contributed by atoms with Crippen molar-refractivity contribution in [3.63, 3.8) is 0 Å². The monoisotopic (exact) mass is 299 g/mol. The molecule has 1 amide bonds. The number of hydrogen-bond acceptors (Lipinski definition) is 3. The third-order valence-corrected chi connectivity index (χ3v) is 2.63. The lowest BCUT2D eigenvalue weighted by molar-refractivity contribution is -0.143. The van der Waals surface area contributed by atoms with E-state index in [-0.39, 0.29) is 23.1 Å². The molecular formula is C14H15ClFNO3. The van der Waals surface area contributed by atoms with Crippen LogP contribution >= 0.6 is 11.6 Å². The Morgan fingerprint density at radius 1 is 1.45 bits per heavy atom. The Kier molecular flexibility index (Phi) is 6.73. The van der Waals surface area contributed by atoms with E-state index in [0.29, 0.717) is 6.54 Å². The van der Waals surface area contributed by atoms with Gasteiger partial charge in [0, 0.05) is 18.2 Å². The number of rotatable bonds is 6. The van der Waals surface area contributed by atoms with E-state index in [1.807, 2.05) is 6.92 Å². The number of amides is 1. The molecule has 4 nitrogen and oxygen atoms in total. The highest BCUT2D eigenvalue weighted by molar-refractivity contribution is 6.32. The summed E-state index contributed by atoms with van der Waals surface area (Å²) >= 11 is 5.79. The summed E-state index contributed by atoms with van der Waals surface area (Å²) in [6.07, 6.45) is 3.03. The molecule has 0 aliphatic rings. The minimum atomic E-state index is -0.740. The molecular weight excluding hydrogens is 285 g/mol. The molecule has 1 N–H and O–H groups in total. The molecule has 0 saturated carbocycles. The van der Waals surface area contributed by atoms with Gasteiger partial charge in [0.1, 0.15) is 5.82 Å². The normalized spacial score (nSPS) is 10.6. The molecule has 1 rings (SSSR count). The Bertz CT molecular complexity index is 497. The zero-order valence-corrected chi connectivity index (χ0v) is 11.7. The van der Waals surface area contributed by atoms with Gasteiger partial charge in [-0.25, -0.2) is 9.18 Å². The summed E-state index contributed by atoms with van der Waals surface area (Å²) in [6.45, 7) is 2.07. The number of carbonyl (C=O) groups excluding carboxylic acids is 2. The maximum absolute atomic E-state index is 13.4. The highest BCUT2D eigenvalue weighted by atomic mass is 35.5. The maximum Gasteiger partial charge on any atom is 0.331 e. The average Bonchev–Trinajstić information content (AvgIpc) is 2.42. The number of halogens is 2. The van der Waals surface area contributed by atoms with E-state index >= 15 is 0 Å². The van der Waals surface area contributed by atoms with Crippen molar-refractivity contribution in [2.45, 2.75) is 13.3 Å². The second kappa shape index (κ2) is 8.32. The minimum Gasteiger partial charge on any atom is -0.452 e. The van der Waals surface area contributed by atoms with Crippen molar-refractivity contribution < 1.29 is 18.7 Å². The van der Waals surface area contributed by atoms with Crippen LogP contribution in [0.3, 0.4) is 0 Å². The van der Waals surface area contributed by atoms with Gasteiger partial charge in [0.25, 0.3) is 5.91 Å². The van der Waals surface area contributed by atoms with Crippen LogP contribution in [0.25, 0.3) is 6.08 Å². The van der Waals surface area contributed by atoms with Crippen molar-refractivity contribution in [3.05, 3.63) is 40.7 Å². The first kappa shape index (κ1) is 16.2. The fraction of sp³-hybridized carbons (Fsp3) is 0.286. The standard InChI is InChI=1S/C14H15ClFNO3/c1-2-8-17-13(18)9-20-14(19)7-6-10-11(15)4-3-5-12(10)16/h3-7H,2,8-9H2,1H3,(H,17,18). The second-order valence-electron chi connectivity index (χ2n) is 3.93. The Hall–Kier alpha value is -1.88. The van der Waals surface area contributed by atoms with Crippen molar-refractivity contribution in [3.8, 4) is 0 Å². The van der Waals surface area contributed by atoms with E-state index in [9.17, 15) is 14.0 Å². The topological polar surface area (TPSA) is 55.4 Å². The average molecular weight is 300 g/mol. The van der Waals surface area contributed by atoms with Crippen molar-refractivity contribution in [1.29, 1.82) is 0 Å². The van der Waals surface area contributed by atoms with E-state index in [0.717, 1.165) is 12.5 Å². The second-order valence-corrected chi connectivity index (χ2v) is 4.33. The van der Waals surface area contributed by atoms with Gasteiger partial charge in [-0.15, -0.1) is 0 Å². The van der Waals surface area contributed by atoms with Crippen LogP contribution in [-0.2, 0) is 14.3 Å². The molecule has 20 heavy (non-hydrogen) atoms. The zero-order valence-electron chi connectivity index (χ0n) is 11.0. The smallest absolute Gasteiger partial charge is 0.331 e. The molecule has 6 heteroatoms. The molecule has 0 heterocycles. The van der Waals surface area contributed by atoms with E-state index < -0.39 is 11.8 Å². The van der Waals surface area contributed by atoms with Crippen LogP contribution in [0.2, 0.25) is 5.02 Å². The van der Waals surface area contributed by atoms with Gasteiger partial charge >= 0.3 is 5.97 Å². The maximum atomic E-state index is 13.4. The summed E-state index contributed by atoms with van der Waals surface area (Å²) in [4.78, 5) is 22.6. The summed E-state index contributed by atoms with van der Waals surface area (Å²) in [7, 11) is 0. The van der Waals surface area contributed by atoms with Crippen LogP contribution in [0.1, 0.15) is 18.9 Å². The molecule has 0 atom stereocenters. The zero-order chi connectivity index (χ0) is 15.0. The van der Waals surface area contributed by atoms with E-state index in [2.05, 4.69) is 5.32 Å². The predicted molar refractivity (Wildman–Crippen MR) is 74.7 cm³/mol. The molecule has 0 aliphatic carbocycles. The Labute approximate surface area is 121 Å². The van der Waals surface area contributed by atoms with Crippen molar-refractivity contribution in [1.82, 2.24) is 5.32 Å². The largest absolute Gasteiger partial charge is 0.452 e. The lowest BCUT2D eigenvalue weighted by Crippen LogP contribution is -2.28. The SMILES string of the molecule is CCCNC(=O)COC(=O)C=Cc1c(F)cccc1Cl. The third-order valence-electron chi connectivity index (χ3n) is 2.30. The van der Waals surface area contributed by atoms with Crippen molar-refractivity contribution in [2.75, 3.05) is 13.2 Å². The molecule has 0 fully saturated rings. The molecule has 0 aliphatic heterocycles. The summed E-state index contributed by atoms with van der Waals surface area (Å²) in [6, 6.07) is 4.20. The Morgan fingerprint density at radius 3 is 2.85 bits per heavy atom. The van der Waals surface area contributed by atoms with Crippen LogP contribution in [0.15, 0.2) is 24.3 Å². The molecule has 0 radical (unpaired) electrons. The Morgan fingerprint density at radius 2 is 2.20 bits per heavy atom. The first-order valence-corrected chi connectivity index (χ1v) is 6.48. The minimum absolute atomic E-state index is 0.0987. The lowest BCUT2D eigenvalue weighted by atomic mass is 10.2. The van der Waals surface area contributed by atoms with Crippen LogP contribution in [0.4, 0.5) is 4.39 Å². The van der Waals surface area contributed by atoms with Crippen LogP contribution in [0.5, 0.6) is 0 Å². The number of esters is 1. The number of ether oxygens (including phenoxy) is 1. The van der Waals surface area contributed by atoms with E-state index in [1.165, 1.54) is 24.3 Å². The van der Waals surface area contributed by atoms with Gasteiger partial charge in [0.2, 0.25) is 0 Å². The molecule has 1 aromatic carbocycles. The fourth-order valence-electron chi connectivity index (χ4n) is 1.32. The summed E-state index contributed by atoms with van der Waals surface area (Å²) in [5, 5.41) is 2.75. The predicted octanol–water partition coefficient (Wildman–Crippen LogP) is 2.56. The van der Waals surface area contributed by atoms with Crippen LogP contribution < -0.4 is 5.32 Å². The van der Waals surface area contributed by atoms with E-state index in [1.54, 1.807) is 0 Å². The highest BCUT2D eigenvalue weighted by Gasteiger charge is 2.06. The summed E-state index contributed by atoms with van der Waals surface area (Å²) < 4.78 is 18.1. The molecule has 1 aromatic rings. The fourth-order valence-corrected chi connectivity index (χ4v) is 1.55. The van der Waals surface area contributed by atoms with Crippen LogP contribution in [-0.4, -0.2) is 25.0 Å². The molecule has 108 valence electrons. The van der Waals surface area contributed by atoms with Gasteiger partial charge in [0.15, 0.2) is 6.61 Å². The van der Waals surface area contributed by atoms with Crippen molar-refractivity contribution >= 4 is 29.6 Å². The van der Waals surface area contributed by atoms with Gasteiger partial charge < -0.3 is 10.1 Å². The number of nitrogens with one attached hydrogen (secondary N) is 1. The first-order chi connectivity index (χ1) is 9.54. The number of hydrogen-bond donors (Lipinski definition) is 1. The van der Waals surface area contributed by atoms with E-state index in [4.69, 9.17) is 16.3 Å². The molecule has 0 aromatic heterocycles. The lowest BCUT2D eigenvalue weighted by Gasteiger charge is -2.03. The number of carbonyl (C=O) groups is 2. The van der Waals surface area contributed by atoms with Crippen molar-refractivity contribution in [2.24, 2.45) is 0 Å². The Balaban J connectivity index is 2.50. The van der Waals surface area contributed by atoms with Gasteiger partial charge in [-0.3, -0.25) is 4.79 Å². The first-order valence-electron chi connectivity index (χ1n) is 6.10. The van der Waals surface area contributed by atoms with Gasteiger partial charge in [-0.2, -0.15) is 0 Å². The molecule has 0 unspecified atom stereocenters. The third kappa shape index (κ3) is 5.40. The number of benzene rings is 1. The van der Waals surface area contributed by atoms with Gasteiger partial charge in [-0.05, 0) is 24.6 Å². The quantitative estimate of drug-likeness (QED) is 0.649. The van der Waals surface area contributed by atoms with Crippen LogP contribution in [0, 0.1) is 5.82 Å². The highest BCUT2D eigenvalue weighted by Crippen LogP contribution is 2.20. The molecule has 0 spiro atoms. The summed E-state index contributed by atoms with van der Waals surface area (Å²) in [5.41, 5.74) is 0.0987. The summed E-state index contributed by atoms with van der Waals surface area (Å²) in [5.74, 6) is -1.66. The van der Waals surface area contributed by atoms with Gasteiger partial charge in [0.05, 0.1) is 5.02 Å². The molecule has 0 bridgehead atoms.